The van der Waals surface area contributed by atoms with Crippen molar-refractivity contribution >= 4 is 0 Å². The zero-order chi connectivity index (χ0) is 22.8. The zero-order valence-corrected chi connectivity index (χ0v) is 19.6. The van der Waals surface area contributed by atoms with Gasteiger partial charge in [0.25, 0.3) is 0 Å². The Morgan fingerprint density at radius 3 is 2.44 bits per heavy atom. The van der Waals surface area contributed by atoms with Gasteiger partial charge in [0, 0.05) is 62.9 Å². The van der Waals surface area contributed by atoms with Crippen LogP contribution in [0.2, 0.25) is 0 Å². The maximum absolute atomic E-state index is 12.8. The van der Waals surface area contributed by atoms with E-state index in [1.165, 1.54) is 0 Å². The highest BCUT2D eigenvalue weighted by Gasteiger charge is 2.91. The van der Waals surface area contributed by atoms with Gasteiger partial charge in [0.15, 0.2) is 0 Å². The van der Waals surface area contributed by atoms with Crippen LogP contribution in [0.1, 0.15) is 32.6 Å². The van der Waals surface area contributed by atoms with Gasteiger partial charge in [0.05, 0.1) is 37.1 Å². The van der Waals surface area contributed by atoms with E-state index in [1.54, 1.807) is 21.3 Å². The molecule has 0 amide bonds. The number of likely N-dealkylation sites (tertiary alicyclic amines) is 1. The highest BCUT2D eigenvalue weighted by Crippen LogP contribution is 2.80. The summed E-state index contributed by atoms with van der Waals surface area (Å²) in [6.07, 6.45) is 0.720. The van der Waals surface area contributed by atoms with Crippen molar-refractivity contribution in [1.29, 1.82) is 0 Å². The number of aliphatic hydroxyl groups excluding tert-OH is 2. The first-order valence-electron chi connectivity index (χ1n) is 12.3. The lowest BCUT2D eigenvalue weighted by molar-refractivity contribution is -0.318. The minimum Gasteiger partial charge on any atom is -0.396 e. The molecule has 8 nitrogen and oxygen atoms in total. The highest BCUT2D eigenvalue weighted by molar-refractivity contribution is 5.41. The normalized spacial score (nSPS) is 62.4. The summed E-state index contributed by atoms with van der Waals surface area (Å²) in [5.74, 6) is -0.749. The second kappa shape index (κ2) is 6.66. The molecular weight excluding hydrogens is 414 g/mol. The van der Waals surface area contributed by atoms with E-state index in [0.29, 0.717) is 13.1 Å². The Morgan fingerprint density at radius 2 is 1.84 bits per heavy atom. The van der Waals surface area contributed by atoms with Gasteiger partial charge < -0.3 is 34.6 Å². The Kier molecular flexibility index (Phi) is 4.62. The first kappa shape index (κ1) is 22.2. The van der Waals surface area contributed by atoms with E-state index < -0.39 is 40.2 Å². The van der Waals surface area contributed by atoms with Crippen molar-refractivity contribution in [3.8, 4) is 0 Å². The van der Waals surface area contributed by atoms with Crippen LogP contribution in [-0.2, 0) is 14.2 Å². The maximum atomic E-state index is 12.8. The first-order chi connectivity index (χ1) is 15.3. The maximum Gasteiger partial charge on any atom is 0.136 e. The smallest absolute Gasteiger partial charge is 0.136 e. The molecular formula is C24H39NO7. The number of hydrogen-bond acceptors (Lipinski definition) is 8. The molecule has 8 heteroatoms. The van der Waals surface area contributed by atoms with Crippen LogP contribution in [0.4, 0.5) is 0 Å². The van der Waals surface area contributed by atoms with Gasteiger partial charge in [-0.1, -0.05) is 6.92 Å². The number of rotatable bonds is 5. The Bertz CT molecular complexity index is 798. The molecule has 6 aliphatic rings. The standard InChI is InChI=1S/C24H39NO7/c1-5-25-10-21(11-26)7-6-15(31-3)23-13-8-12-14(30-2)9-22(28,16(13)17(12)27)24(29,20(23)25)19(32-4)18(21)23/h12-20,26-29H,5-11H2,1-4H3/t12?,13?,14-,15?,16?,17?,18?,19?,20?,21-,22+,23?,24?/m0/s1. The van der Waals surface area contributed by atoms with Gasteiger partial charge in [-0.15, -0.1) is 0 Å². The Hall–Kier alpha value is -0.320. The van der Waals surface area contributed by atoms with Gasteiger partial charge in [0.1, 0.15) is 11.2 Å². The SMILES string of the molecule is CCN1C[C@]2(CO)CCC(OC)C34C5CC6C(O)C5[C@](O)(C[C@@H]6OC)C(O)(C(OC)C32)C14. The molecule has 1 saturated heterocycles. The number of hydrogen-bond donors (Lipinski definition) is 4. The minimum atomic E-state index is -1.60. The van der Waals surface area contributed by atoms with Gasteiger partial charge in [-0.2, -0.15) is 0 Å². The van der Waals surface area contributed by atoms with Crippen LogP contribution in [0, 0.1) is 34.5 Å². The quantitative estimate of drug-likeness (QED) is 0.446. The number of fused-ring (bicyclic) bond motifs is 2. The molecule has 0 aromatic rings. The summed E-state index contributed by atoms with van der Waals surface area (Å²) < 4.78 is 18.1. The third-order valence-electron chi connectivity index (χ3n) is 11.4. The van der Waals surface area contributed by atoms with E-state index in [4.69, 9.17) is 14.2 Å². The number of piperidine rings is 1. The molecule has 182 valence electrons. The van der Waals surface area contributed by atoms with Crippen LogP contribution < -0.4 is 0 Å². The van der Waals surface area contributed by atoms with E-state index in [1.807, 2.05) is 0 Å². The predicted octanol–water partition coefficient (Wildman–Crippen LogP) is -0.383. The molecule has 0 aromatic carbocycles. The summed E-state index contributed by atoms with van der Waals surface area (Å²) in [5.41, 5.74) is -4.11. The van der Waals surface area contributed by atoms with E-state index >= 15 is 0 Å². The van der Waals surface area contributed by atoms with E-state index in [9.17, 15) is 20.4 Å². The second-order valence-corrected chi connectivity index (χ2v) is 11.6. The van der Waals surface area contributed by atoms with E-state index in [0.717, 1.165) is 19.3 Å². The summed E-state index contributed by atoms with van der Waals surface area (Å²) >= 11 is 0. The third-order valence-corrected chi connectivity index (χ3v) is 11.4. The van der Waals surface area contributed by atoms with Gasteiger partial charge in [-0.25, -0.2) is 0 Å². The summed E-state index contributed by atoms with van der Waals surface area (Å²) in [6.45, 7) is 3.46. The van der Waals surface area contributed by atoms with Gasteiger partial charge in [0.2, 0.25) is 0 Å². The van der Waals surface area contributed by atoms with Gasteiger partial charge in [-0.05, 0) is 31.7 Å². The summed E-state index contributed by atoms with van der Waals surface area (Å²) in [7, 11) is 4.99. The van der Waals surface area contributed by atoms with Gasteiger partial charge in [-0.3, -0.25) is 4.90 Å². The molecule has 13 atom stereocenters. The Morgan fingerprint density at radius 1 is 1.09 bits per heavy atom. The fourth-order valence-electron chi connectivity index (χ4n) is 10.7. The van der Waals surface area contributed by atoms with E-state index in [-0.39, 0.29) is 49.0 Å². The fraction of sp³-hybridized carbons (Fsp3) is 1.00. The molecule has 7 bridgehead atoms. The van der Waals surface area contributed by atoms with Crippen LogP contribution in [-0.4, -0.2) is 108 Å². The third kappa shape index (κ3) is 1.96. The molecule has 6 rings (SSSR count). The number of nitrogens with zero attached hydrogens (tertiary/aromatic N) is 1. The Labute approximate surface area is 189 Å². The monoisotopic (exact) mass is 453 g/mol. The van der Waals surface area contributed by atoms with Crippen molar-refractivity contribution in [3.05, 3.63) is 0 Å². The Balaban J connectivity index is 1.69. The average Bonchev–Trinajstić information content (AvgIpc) is 3.15. The van der Waals surface area contributed by atoms with Crippen molar-refractivity contribution in [2.45, 2.75) is 74.3 Å². The molecule has 1 heterocycles. The van der Waals surface area contributed by atoms with Crippen molar-refractivity contribution in [3.63, 3.8) is 0 Å². The largest absolute Gasteiger partial charge is 0.396 e. The number of ether oxygens (including phenoxy) is 3. The lowest BCUT2D eigenvalue weighted by Crippen LogP contribution is -2.82. The zero-order valence-electron chi connectivity index (χ0n) is 19.6. The van der Waals surface area contributed by atoms with Crippen LogP contribution in [0.5, 0.6) is 0 Å². The molecule has 5 aliphatic carbocycles. The van der Waals surface area contributed by atoms with Crippen LogP contribution >= 0.6 is 0 Å². The first-order valence-corrected chi connectivity index (χ1v) is 12.3. The minimum absolute atomic E-state index is 0.0114. The molecule has 0 radical (unpaired) electrons. The van der Waals surface area contributed by atoms with Crippen LogP contribution in [0.25, 0.3) is 0 Å². The van der Waals surface area contributed by atoms with Crippen molar-refractivity contribution in [1.82, 2.24) is 4.90 Å². The molecule has 10 unspecified atom stereocenters. The predicted molar refractivity (Wildman–Crippen MR) is 114 cm³/mol. The molecule has 0 aromatic heterocycles. The van der Waals surface area contributed by atoms with E-state index in [2.05, 4.69) is 11.8 Å². The van der Waals surface area contributed by atoms with Gasteiger partial charge >= 0.3 is 0 Å². The number of aliphatic hydroxyl groups is 4. The lowest BCUT2D eigenvalue weighted by atomic mass is 9.42. The topological polar surface area (TPSA) is 112 Å². The molecule has 32 heavy (non-hydrogen) atoms. The van der Waals surface area contributed by atoms with Crippen molar-refractivity contribution in [2.24, 2.45) is 34.5 Å². The second-order valence-electron chi connectivity index (χ2n) is 11.6. The van der Waals surface area contributed by atoms with Crippen LogP contribution in [0.15, 0.2) is 0 Å². The average molecular weight is 454 g/mol. The number of methoxy groups -OCH3 is 3. The molecule has 1 aliphatic heterocycles. The molecule has 4 N–H and O–H groups in total. The van der Waals surface area contributed by atoms with Crippen molar-refractivity contribution in [2.75, 3.05) is 41.0 Å². The number of likely N-dealkylation sites (N-methyl/N-ethyl adjacent to an activating group) is 1. The fourth-order valence-corrected chi connectivity index (χ4v) is 10.7. The molecule has 5 saturated carbocycles. The summed E-state index contributed by atoms with van der Waals surface area (Å²) in [4.78, 5) is 2.28. The van der Waals surface area contributed by atoms with Crippen LogP contribution in [0.3, 0.4) is 0 Å². The molecule has 6 fully saturated rings. The molecule has 1 spiro atoms. The highest BCUT2D eigenvalue weighted by atomic mass is 16.5. The lowest BCUT2D eigenvalue weighted by Gasteiger charge is -2.70. The summed E-state index contributed by atoms with van der Waals surface area (Å²) in [5, 5.41) is 47.6. The summed E-state index contributed by atoms with van der Waals surface area (Å²) in [6, 6.07) is -0.368. The van der Waals surface area contributed by atoms with Crippen molar-refractivity contribution < 1.29 is 34.6 Å².